The number of ether oxygens (including phenoxy) is 1. The van der Waals surface area contributed by atoms with E-state index in [-0.39, 0.29) is 24.1 Å². The monoisotopic (exact) mass is 491 g/mol. The van der Waals surface area contributed by atoms with Crippen molar-refractivity contribution in [3.63, 3.8) is 0 Å². The zero-order valence-electron chi connectivity index (χ0n) is 20.9. The molecule has 2 aromatic carbocycles. The first kappa shape index (κ1) is 25.0. The van der Waals surface area contributed by atoms with Gasteiger partial charge >= 0.3 is 17.7 Å². The highest BCUT2D eigenvalue weighted by Gasteiger charge is 2.49. The molecular weight excluding hydrogens is 462 g/mol. The van der Waals surface area contributed by atoms with Crippen LogP contribution in [0.25, 0.3) is 11.0 Å². The number of nitrogens with one attached hydrogen (secondary N) is 2. The van der Waals surface area contributed by atoms with Gasteiger partial charge in [0.25, 0.3) is 5.91 Å². The van der Waals surface area contributed by atoms with E-state index in [0.29, 0.717) is 22.2 Å². The van der Waals surface area contributed by atoms with E-state index in [1.165, 1.54) is 12.1 Å². The van der Waals surface area contributed by atoms with Crippen molar-refractivity contribution in [2.24, 2.45) is 0 Å². The van der Waals surface area contributed by atoms with Gasteiger partial charge in [-0.2, -0.15) is 0 Å². The Kier molecular flexibility index (Phi) is 6.34. The lowest BCUT2D eigenvalue weighted by Crippen LogP contribution is -2.40. The first-order valence-electron chi connectivity index (χ1n) is 11.7. The summed E-state index contributed by atoms with van der Waals surface area (Å²) >= 11 is 0. The molecule has 4 amide bonds. The van der Waals surface area contributed by atoms with E-state index in [9.17, 15) is 19.2 Å². The Balaban J connectivity index is 1.62. The van der Waals surface area contributed by atoms with Crippen molar-refractivity contribution >= 4 is 34.7 Å². The van der Waals surface area contributed by atoms with Crippen molar-refractivity contribution in [3.05, 3.63) is 75.6 Å². The Hall–Kier alpha value is -4.14. The van der Waals surface area contributed by atoms with Crippen LogP contribution in [0.3, 0.4) is 0 Å². The molecule has 2 heterocycles. The smallest absolute Gasteiger partial charge is 0.411 e. The van der Waals surface area contributed by atoms with Crippen LogP contribution >= 0.6 is 0 Å². The average molecular weight is 492 g/mol. The molecule has 1 unspecified atom stereocenters. The molecule has 1 aliphatic heterocycles. The number of anilines is 1. The van der Waals surface area contributed by atoms with E-state index in [4.69, 9.17) is 9.15 Å². The number of benzene rings is 2. The summed E-state index contributed by atoms with van der Waals surface area (Å²) in [7, 11) is 0. The first-order valence-corrected chi connectivity index (χ1v) is 11.7. The highest BCUT2D eigenvalue weighted by atomic mass is 16.5. The van der Waals surface area contributed by atoms with Crippen LogP contribution in [0.4, 0.5) is 15.3 Å². The fourth-order valence-corrected chi connectivity index (χ4v) is 4.23. The van der Waals surface area contributed by atoms with Crippen molar-refractivity contribution in [2.45, 2.75) is 52.1 Å². The summed E-state index contributed by atoms with van der Waals surface area (Å²) in [6.45, 7) is 9.76. The lowest BCUT2D eigenvalue weighted by Gasteiger charge is -2.24. The van der Waals surface area contributed by atoms with Gasteiger partial charge in [0.05, 0.1) is 13.2 Å². The maximum absolute atomic E-state index is 13.5. The summed E-state index contributed by atoms with van der Waals surface area (Å²) in [4.78, 5) is 51.4. The van der Waals surface area contributed by atoms with E-state index in [2.05, 4.69) is 31.4 Å². The molecule has 4 rings (SSSR count). The molecule has 1 fully saturated rings. The van der Waals surface area contributed by atoms with Crippen LogP contribution < -0.4 is 16.3 Å². The highest BCUT2D eigenvalue weighted by molar-refractivity contribution is 6.07. The number of nitrogens with zero attached hydrogens (tertiary/aromatic N) is 1. The van der Waals surface area contributed by atoms with Crippen molar-refractivity contribution in [1.29, 1.82) is 0 Å². The molecule has 3 aromatic rings. The number of fused-ring (bicyclic) bond motifs is 1. The lowest BCUT2D eigenvalue weighted by atomic mass is 9.84. The minimum atomic E-state index is -1.24. The Labute approximate surface area is 208 Å². The van der Waals surface area contributed by atoms with Crippen molar-refractivity contribution < 1.29 is 23.5 Å². The molecule has 0 bridgehead atoms. The van der Waals surface area contributed by atoms with E-state index in [0.717, 1.165) is 10.5 Å². The fraction of sp³-hybridized carbons (Fsp3) is 0.333. The van der Waals surface area contributed by atoms with Crippen LogP contribution in [-0.2, 0) is 27.0 Å². The quantitative estimate of drug-likeness (QED) is 0.397. The van der Waals surface area contributed by atoms with E-state index in [1.54, 1.807) is 26.0 Å². The zero-order valence-corrected chi connectivity index (χ0v) is 20.9. The lowest BCUT2D eigenvalue weighted by molar-refractivity contribution is -0.131. The number of hydrogen-bond acceptors (Lipinski definition) is 6. The summed E-state index contributed by atoms with van der Waals surface area (Å²) in [5.74, 6) is -0.419. The SMILES string of the molecule is CCOC(=O)Nc1ccc2c(CN3C(=O)NC(C)(c4ccc(C(C)(C)C)cc4)C3=O)cc(=O)oc2c1. The summed E-state index contributed by atoms with van der Waals surface area (Å²) in [6.07, 6.45) is -0.635. The van der Waals surface area contributed by atoms with Crippen molar-refractivity contribution in [3.8, 4) is 0 Å². The van der Waals surface area contributed by atoms with Gasteiger partial charge in [0.15, 0.2) is 0 Å². The molecule has 0 spiro atoms. The van der Waals surface area contributed by atoms with Crippen molar-refractivity contribution in [1.82, 2.24) is 10.2 Å². The number of imide groups is 1. The molecule has 188 valence electrons. The minimum Gasteiger partial charge on any atom is -0.450 e. The van der Waals surface area contributed by atoms with Gasteiger partial charge in [-0.1, -0.05) is 45.0 Å². The number of urea groups is 1. The topological polar surface area (TPSA) is 118 Å². The van der Waals surface area contributed by atoms with Gasteiger partial charge in [0, 0.05) is 23.2 Å². The summed E-state index contributed by atoms with van der Waals surface area (Å²) in [5, 5.41) is 5.89. The number of rotatable bonds is 5. The molecule has 1 atom stereocenters. The van der Waals surface area contributed by atoms with Gasteiger partial charge in [-0.3, -0.25) is 15.0 Å². The van der Waals surface area contributed by atoms with Gasteiger partial charge in [-0.25, -0.2) is 14.4 Å². The standard InChI is InChI=1S/C27H29N3O6/c1-6-35-25(34)28-19-11-12-20-16(13-22(31)36-21(20)14-19)15-30-23(32)27(5,29-24(30)33)18-9-7-17(8-10-18)26(2,3)4/h7-14H,6,15H2,1-5H3,(H,28,34)(H,29,33). The normalized spacial score (nSPS) is 17.9. The maximum atomic E-state index is 13.5. The Morgan fingerprint density at radius 3 is 2.42 bits per heavy atom. The molecule has 0 saturated carbocycles. The Morgan fingerprint density at radius 1 is 1.08 bits per heavy atom. The van der Waals surface area contributed by atoms with Gasteiger partial charge in [-0.05, 0) is 48.1 Å². The zero-order chi connectivity index (χ0) is 26.3. The Morgan fingerprint density at radius 2 is 1.78 bits per heavy atom. The van der Waals surface area contributed by atoms with Crippen LogP contribution in [0, 0.1) is 0 Å². The molecule has 36 heavy (non-hydrogen) atoms. The molecule has 0 aliphatic carbocycles. The van der Waals surface area contributed by atoms with Crippen LogP contribution in [-0.4, -0.2) is 29.5 Å². The number of carbonyl (C=O) groups excluding carboxylic acids is 3. The van der Waals surface area contributed by atoms with Crippen LogP contribution in [0.15, 0.2) is 57.7 Å². The van der Waals surface area contributed by atoms with Crippen LogP contribution in [0.1, 0.15) is 51.3 Å². The average Bonchev–Trinajstić information content (AvgIpc) is 3.02. The molecule has 2 N–H and O–H groups in total. The molecule has 1 aromatic heterocycles. The third kappa shape index (κ3) is 4.68. The predicted octanol–water partition coefficient (Wildman–Crippen LogP) is 4.63. The van der Waals surface area contributed by atoms with E-state index < -0.39 is 29.2 Å². The second-order valence-electron chi connectivity index (χ2n) is 9.92. The van der Waals surface area contributed by atoms with E-state index in [1.807, 2.05) is 24.3 Å². The largest absolute Gasteiger partial charge is 0.450 e. The second-order valence-corrected chi connectivity index (χ2v) is 9.92. The van der Waals surface area contributed by atoms with E-state index >= 15 is 0 Å². The van der Waals surface area contributed by atoms with Gasteiger partial charge in [0.2, 0.25) is 0 Å². The summed E-state index contributed by atoms with van der Waals surface area (Å²) < 4.78 is 10.2. The van der Waals surface area contributed by atoms with Crippen molar-refractivity contribution in [2.75, 3.05) is 11.9 Å². The molecular formula is C27H29N3O6. The summed E-state index contributed by atoms with van der Waals surface area (Å²) in [6, 6.07) is 13.1. The number of amides is 4. The second kappa shape index (κ2) is 9.14. The summed E-state index contributed by atoms with van der Waals surface area (Å²) in [5.41, 5.74) is 0.890. The third-order valence-electron chi connectivity index (χ3n) is 6.28. The minimum absolute atomic E-state index is 0.0461. The van der Waals surface area contributed by atoms with Gasteiger partial charge < -0.3 is 14.5 Å². The predicted molar refractivity (Wildman–Crippen MR) is 135 cm³/mol. The van der Waals surface area contributed by atoms with Gasteiger partial charge in [0.1, 0.15) is 11.1 Å². The molecule has 9 nitrogen and oxygen atoms in total. The Bertz CT molecular complexity index is 1400. The molecule has 9 heteroatoms. The van der Waals surface area contributed by atoms with Crippen LogP contribution in [0.2, 0.25) is 0 Å². The maximum Gasteiger partial charge on any atom is 0.411 e. The number of carbonyl (C=O) groups is 3. The molecule has 0 radical (unpaired) electrons. The number of hydrogen-bond donors (Lipinski definition) is 2. The van der Waals surface area contributed by atoms with Gasteiger partial charge in [-0.15, -0.1) is 0 Å². The molecule has 1 saturated heterocycles. The van der Waals surface area contributed by atoms with Crippen LogP contribution in [0.5, 0.6) is 0 Å². The first-order chi connectivity index (χ1) is 16.9. The fourth-order valence-electron chi connectivity index (χ4n) is 4.23. The molecule has 1 aliphatic rings. The third-order valence-corrected chi connectivity index (χ3v) is 6.28. The highest BCUT2D eigenvalue weighted by Crippen LogP contribution is 2.32.